The van der Waals surface area contributed by atoms with Crippen molar-refractivity contribution in [2.75, 3.05) is 32.1 Å². The number of para-hydroxylation sites is 1. The van der Waals surface area contributed by atoms with Crippen LogP contribution in [0.15, 0.2) is 59.2 Å². The van der Waals surface area contributed by atoms with Crippen LogP contribution in [-0.2, 0) is 21.3 Å². The molecule has 0 radical (unpaired) electrons. The molecule has 2 aromatic carbocycles. The first-order valence-electron chi connectivity index (χ1n) is 11.0. The quantitative estimate of drug-likeness (QED) is 0.410. The lowest BCUT2D eigenvalue weighted by molar-refractivity contribution is -0.117. The number of nitrogens with one attached hydrogen (secondary N) is 1. The number of hydrogen-bond acceptors (Lipinski definition) is 7. The summed E-state index contributed by atoms with van der Waals surface area (Å²) in [7, 11) is -4.23. The van der Waals surface area contributed by atoms with Gasteiger partial charge in [-0.05, 0) is 49.7 Å². The van der Waals surface area contributed by atoms with Gasteiger partial charge in [-0.25, -0.2) is 0 Å². The number of Topliss-reactive ketones (excluding diaryl/α,β-unsaturated/α-hetero) is 1. The maximum absolute atomic E-state index is 12.8. The summed E-state index contributed by atoms with van der Waals surface area (Å²) < 4.78 is 41.7. The molecule has 1 aromatic heterocycles. The van der Waals surface area contributed by atoms with Gasteiger partial charge >= 0.3 is 10.1 Å². The van der Waals surface area contributed by atoms with Crippen LogP contribution in [0.4, 0.5) is 0 Å². The highest BCUT2D eigenvalue weighted by Gasteiger charge is 2.21. The largest absolute Gasteiger partial charge is 0.475 e. The lowest BCUT2D eigenvalue weighted by Gasteiger charge is -2.25. The Kier molecular flexibility index (Phi) is 7.44. The van der Waals surface area contributed by atoms with Crippen molar-refractivity contribution < 1.29 is 26.9 Å². The number of hydrogen-bond donors (Lipinski definition) is 2. The van der Waals surface area contributed by atoms with Crippen LogP contribution >= 0.6 is 0 Å². The van der Waals surface area contributed by atoms with E-state index in [1.165, 1.54) is 0 Å². The molecule has 4 rings (SSSR count). The second kappa shape index (κ2) is 10.5. The Morgan fingerprint density at radius 2 is 1.94 bits per heavy atom. The van der Waals surface area contributed by atoms with Crippen LogP contribution in [0.1, 0.15) is 30.0 Å². The summed E-state index contributed by atoms with van der Waals surface area (Å²) in [6, 6.07) is 14.6. The fourth-order valence-electron chi connectivity index (χ4n) is 4.16. The highest BCUT2D eigenvalue weighted by atomic mass is 32.2. The summed E-state index contributed by atoms with van der Waals surface area (Å²) in [4.78, 5) is 15.1. The monoisotopic (exact) mass is 472 g/mol. The van der Waals surface area contributed by atoms with Gasteiger partial charge in [0.25, 0.3) is 0 Å². The van der Waals surface area contributed by atoms with Crippen LogP contribution in [0.25, 0.3) is 11.0 Å². The molecule has 8 nitrogen and oxygen atoms in total. The molecule has 1 fully saturated rings. The van der Waals surface area contributed by atoms with Gasteiger partial charge in [0.05, 0.1) is 12.8 Å². The first kappa shape index (κ1) is 23.4. The van der Waals surface area contributed by atoms with Crippen molar-refractivity contribution in [2.24, 2.45) is 0 Å². The van der Waals surface area contributed by atoms with Gasteiger partial charge in [-0.15, -0.1) is 0 Å². The molecule has 0 saturated carbocycles. The van der Waals surface area contributed by atoms with E-state index in [0.717, 1.165) is 54.6 Å². The van der Waals surface area contributed by atoms with E-state index in [1.54, 1.807) is 24.5 Å². The normalized spacial score (nSPS) is 15.7. The standard InChI is InChI=1S/C24H28N2O6S/c27-20(12-19-16-31-24-9-2-1-8-22(19)24)14-25-23(15-26-10-3-4-11-26)18-6-5-7-21(13-18)32-17-33(28,29)30/h1-2,5-9,13,16,23,25H,3-4,10-12,14-15,17H2,(H,28,29,30)/t23-/m1/s1. The van der Waals surface area contributed by atoms with Gasteiger partial charge in [-0.1, -0.05) is 30.3 Å². The molecule has 2 heterocycles. The Balaban J connectivity index is 1.43. The Bertz CT molecular complexity index is 1200. The zero-order valence-corrected chi connectivity index (χ0v) is 19.1. The average Bonchev–Trinajstić information content (AvgIpc) is 3.45. The third-order valence-electron chi connectivity index (χ3n) is 5.77. The van der Waals surface area contributed by atoms with Crippen molar-refractivity contribution >= 4 is 26.9 Å². The van der Waals surface area contributed by atoms with Crippen molar-refractivity contribution in [3.05, 3.63) is 65.9 Å². The lowest BCUT2D eigenvalue weighted by Crippen LogP contribution is -2.36. The van der Waals surface area contributed by atoms with Crippen LogP contribution in [0, 0.1) is 0 Å². The van der Waals surface area contributed by atoms with Crippen molar-refractivity contribution in [1.82, 2.24) is 10.2 Å². The Hall–Kier alpha value is -2.72. The van der Waals surface area contributed by atoms with E-state index in [-0.39, 0.29) is 24.8 Å². The van der Waals surface area contributed by atoms with E-state index in [4.69, 9.17) is 13.7 Å². The minimum Gasteiger partial charge on any atom is -0.475 e. The molecule has 33 heavy (non-hydrogen) atoms. The second-order valence-electron chi connectivity index (χ2n) is 8.33. The first-order valence-corrected chi connectivity index (χ1v) is 12.6. The van der Waals surface area contributed by atoms with Gasteiger partial charge in [0.2, 0.25) is 5.94 Å². The van der Waals surface area contributed by atoms with Crippen molar-refractivity contribution in [1.29, 1.82) is 0 Å². The maximum atomic E-state index is 12.8. The number of carbonyl (C=O) groups is 1. The van der Waals surface area contributed by atoms with Crippen molar-refractivity contribution in [3.63, 3.8) is 0 Å². The summed E-state index contributed by atoms with van der Waals surface area (Å²) in [5.74, 6) is -0.418. The third kappa shape index (κ3) is 6.64. The van der Waals surface area contributed by atoms with Crippen molar-refractivity contribution in [2.45, 2.75) is 25.3 Å². The summed E-state index contributed by atoms with van der Waals surface area (Å²) in [5, 5.41) is 4.33. The highest BCUT2D eigenvalue weighted by molar-refractivity contribution is 7.85. The summed E-state index contributed by atoms with van der Waals surface area (Å²) >= 11 is 0. The summed E-state index contributed by atoms with van der Waals surface area (Å²) in [6.45, 7) is 2.93. The molecule has 176 valence electrons. The van der Waals surface area contributed by atoms with Gasteiger partial charge in [0, 0.05) is 30.0 Å². The number of carbonyl (C=O) groups excluding carboxylic acids is 1. The zero-order valence-electron chi connectivity index (χ0n) is 18.3. The zero-order chi connectivity index (χ0) is 23.3. The molecule has 2 N–H and O–H groups in total. The molecular formula is C24H28N2O6S. The first-order chi connectivity index (χ1) is 15.9. The second-order valence-corrected chi connectivity index (χ2v) is 9.73. The molecular weight excluding hydrogens is 444 g/mol. The van der Waals surface area contributed by atoms with E-state index in [9.17, 15) is 13.2 Å². The molecule has 0 aliphatic carbocycles. The molecule has 1 atom stereocenters. The average molecular weight is 473 g/mol. The number of likely N-dealkylation sites (tertiary alicyclic amines) is 1. The fourth-order valence-corrected chi connectivity index (χ4v) is 4.44. The van der Waals surface area contributed by atoms with E-state index >= 15 is 0 Å². The van der Waals surface area contributed by atoms with Gasteiger partial charge in [-0.3, -0.25) is 9.35 Å². The van der Waals surface area contributed by atoms with Crippen LogP contribution in [0.5, 0.6) is 5.75 Å². The molecule has 0 amide bonds. The number of nitrogens with zero attached hydrogens (tertiary/aromatic N) is 1. The van der Waals surface area contributed by atoms with Crippen molar-refractivity contribution in [3.8, 4) is 5.75 Å². The van der Waals surface area contributed by atoms with Crippen LogP contribution in [-0.4, -0.2) is 55.8 Å². The number of rotatable bonds is 11. The van der Waals surface area contributed by atoms with Crippen LogP contribution in [0.2, 0.25) is 0 Å². The van der Waals surface area contributed by atoms with E-state index in [0.29, 0.717) is 5.75 Å². The van der Waals surface area contributed by atoms with Crippen LogP contribution in [0.3, 0.4) is 0 Å². The number of fused-ring (bicyclic) bond motifs is 1. The van der Waals surface area contributed by atoms with Gasteiger partial charge in [0.1, 0.15) is 11.3 Å². The van der Waals surface area contributed by atoms with Crippen LogP contribution < -0.4 is 10.1 Å². The molecule has 0 unspecified atom stereocenters. The number of ketones is 1. The van der Waals surface area contributed by atoms with E-state index in [2.05, 4.69) is 10.2 Å². The SMILES string of the molecule is O=C(CN[C@H](CN1CCCC1)c1cccc(OCS(=O)(=O)O)c1)Cc1coc2ccccc12. The maximum Gasteiger partial charge on any atom is 0.300 e. The lowest BCUT2D eigenvalue weighted by atomic mass is 10.0. The van der Waals surface area contributed by atoms with Gasteiger partial charge < -0.3 is 19.4 Å². The molecule has 1 aliphatic rings. The molecule has 1 saturated heterocycles. The smallest absolute Gasteiger partial charge is 0.300 e. The molecule has 0 bridgehead atoms. The molecule has 0 spiro atoms. The topological polar surface area (TPSA) is 109 Å². The molecule has 1 aliphatic heterocycles. The predicted molar refractivity (Wildman–Crippen MR) is 125 cm³/mol. The minimum atomic E-state index is -4.23. The Labute approximate surface area is 193 Å². The Morgan fingerprint density at radius 3 is 2.73 bits per heavy atom. The fraction of sp³-hybridized carbons (Fsp3) is 0.375. The highest BCUT2D eigenvalue weighted by Crippen LogP contribution is 2.23. The summed E-state index contributed by atoms with van der Waals surface area (Å²) in [5.41, 5.74) is 2.52. The number of furan rings is 1. The van der Waals surface area contributed by atoms with Gasteiger partial charge in [-0.2, -0.15) is 8.42 Å². The van der Waals surface area contributed by atoms with E-state index < -0.39 is 16.1 Å². The number of benzene rings is 2. The predicted octanol–water partition coefficient (Wildman–Crippen LogP) is 3.20. The van der Waals surface area contributed by atoms with Gasteiger partial charge in [0.15, 0.2) is 5.78 Å². The molecule has 3 aromatic rings. The summed E-state index contributed by atoms with van der Waals surface area (Å²) in [6.07, 6.45) is 4.21. The van der Waals surface area contributed by atoms with E-state index in [1.807, 2.05) is 30.3 Å². The minimum absolute atomic E-state index is 0.0479. The third-order valence-corrected chi connectivity index (χ3v) is 6.18. The Morgan fingerprint density at radius 1 is 1.15 bits per heavy atom. The number of ether oxygens (including phenoxy) is 1. The molecule has 9 heteroatoms.